The number of amides is 1. The number of halogens is 1. The number of hydrogen-bond acceptors (Lipinski definition) is 3. The van der Waals surface area contributed by atoms with Gasteiger partial charge in [-0.15, -0.1) is 0 Å². The topological polar surface area (TPSA) is 66.8 Å². The number of hydrogen-bond donors (Lipinski definition) is 1. The van der Waals surface area contributed by atoms with Gasteiger partial charge in [0.2, 0.25) is 0 Å². The van der Waals surface area contributed by atoms with E-state index >= 15 is 0 Å². The second-order valence-corrected chi connectivity index (χ2v) is 5.24. The SMILES string of the molecule is CN(CCOCC1CC1)C(=O)c1ccc(C(=O)O)cc1F. The van der Waals surface area contributed by atoms with Crippen molar-refractivity contribution in [3.05, 3.63) is 35.1 Å². The van der Waals surface area contributed by atoms with Gasteiger partial charge in [0.15, 0.2) is 0 Å². The van der Waals surface area contributed by atoms with Crippen LogP contribution in [-0.2, 0) is 4.74 Å². The molecule has 0 atom stereocenters. The zero-order valence-corrected chi connectivity index (χ0v) is 11.8. The van der Waals surface area contributed by atoms with Crippen molar-refractivity contribution in [3.8, 4) is 0 Å². The summed E-state index contributed by atoms with van der Waals surface area (Å²) >= 11 is 0. The zero-order chi connectivity index (χ0) is 15.4. The van der Waals surface area contributed by atoms with E-state index in [9.17, 15) is 14.0 Å². The van der Waals surface area contributed by atoms with Crippen molar-refractivity contribution in [2.45, 2.75) is 12.8 Å². The Hall–Kier alpha value is -1.95. The number of carboxylic acid groups (broad SMARTS) is 1. The molecule has 1 fully saturated rings. The fourth-order valence-electron chi connectivity index (χ4n) is 1.86. The van der Waals surface area contributed by atoms with Crippen LogP contribution in [0.5, 0.6) is 0 Å². The van der Waals surface area contributed by atoms with Gasteiger partial charge in [-0.25, -0.2) is 9.18 Å². The Kier molecular flexibility index (Phi) is 4.90. The van der Waals surface area contributed by atoms with Crippen LogP contribution in [0.2, 0.25) is 0 Å². The summed E-state index contributed by atoms with van der Waals surface area (Å²) in [6, 6.07) is 3.27. The predicted molar refractivity (Wildman–Crippen MR) is 73.9 cm³/mol. The van der Waals surface area contributed by atoms with Gasteiger partial charge in [0.1, 0.15) is 5.82 Å². The standard InChI is InChI=1S/C15H18FNO4/c1-17(6-7-21-9-10-2-3-10)14(18)12-5-4-11(15(19)20)8-13(12)16/h4-5,8,10H,2-3,6-7,9H2,1H3,(H,19,20). The number of carbonyl (C=O) groups excluding carboxylic acids is 1. The van der Waals surface area contributed by atoms with Gasteiger partial charge in [-0.3, -0.25) is 4.79 Å². The Balaban J connectivity index is 1.89. The lowest BCUT2D eigenvalue weighted by Crippen LogP contribution is -2.31. The zero-order valence-electron chi connectivity index (χ0n) is 11.8. The molecule has 0 aromatic heterocycles. The molecule has 0 saturated heterocycles. The third-order valence-electron chi connectivity index (χ3n) is 3.41. The highest BCUT2D eigenvalue weighted by atomic mass is 19.1. The summed E-state index contributed by atoms with van der Waals surface area (Å²) in [5.41, 5.74) is -0.316. The van der Waals surface area contributed by atoms with Crippen LogP contribution in [0.4, 0.5) is 4.39 Å². The van der Waals surface area contributed by atoms with Crippen molar-refractivity contribution in [1.82, 2.24) is 4.90 Å². The minimum atomic E-state index is -1.23. The summed E-state index contributed by atoms with van der Waals surface area (Å²) in [6.45, 7) is 1.49. The van der Waals surface area contributed by atoms with Gasteiger partial charge < -0.3 is 14.7 Å². The van der Waals surface area contributed by atoms with Crippen molar-refractivity contribution in [3.63, 3.8) is 0 Å². The molecule has 114 valence electrons. The van der Waals surface area contributed by atoms with E-state index in [-0.39, 0.29) is 11.1 Å². The van der Waals surface area contributed by atoms with E-state index in [0.29, 0.717) is 25.7 Å². The van der Waals surface area contributed by atoms with Crippen molar-refractivity contribution in [1.29, 1.82) is 0 Å². The van der Waals surface area contributed by atoms with E-state index < -0.39 is 17.7 Å². The molecule has 0 spiro atoms. The van der Waals surface area contributed by atoms with Crippen LogP contribution in [-0.4, -0.2) is 48.7 Å². The molecule has 6 heteroatoms. The van der Waals surface area contributed by atoms with Gasteiger partial charge in [-0.1, -0.05) is 0 Å². The number of carboxylic acids is 1. The van der Waals surface area contributed by atoms with Crippen LogP contribution in [0.1, 0.15) is 33.6 Å². The molecule has 0 bridgehead atoms. The number of benzene rings is 1. The van der Waals surface area contributed by atoms with E-state index in [0.717, 1.165) is 6.07 Å². The summed E-state index contributed by atoms with van der Waals surface area (Å²) in [6.07, 6.45) is 2.41. The first-order chi connectivity index (χ1) is 9.99. The number of likely N-dealkylation sites (N-methyl/N-ethyl adjacent to an activating group) is 1. The van der Waals surface area contributed by atoms with E-state index in [1.807, 2.05) is 0 Å². The van der Waals surface area contributed by atoms with Crippen molar-refractivity contribution >= 4 is 11.9 Å². The predicted octanol–water partition coefficient (Wildman–Crippen LogP) is 2.02. The largest absolute Gasteiger partial charge is 0.478 e. The summed E-state index contributed by atoms with van der Waals surface area (Å²) in [4.78, 5) is 24.2. The minimum absolute atomic E-state index is 0.135. The van der Waals surface area contributed by atoms with Crippen LogP contribution in [0, 0.1) is 11.7 Å². The molecule has 1 amide bonds. The van der Waals surface area contributed by atoms with Crippen molar-refractivity contribution in [2.24, 2.45) is 5.92 Å². The average Bonchev–Trinajstić information content (AvgIpc) is 3.26. The first-order valence-corrected chi connectivity index (χ1v) is 6.85. The number of carbonyl (C=O) groups is 2. The van der Waals surface area contributed by atoms with Gasteiger partial charge in [0, 0.05) is 20.2 Å². The third-order valence-corrected chi connectivity index (χ3v) is 3.41. The Labute approximate surface area is 122 Å². The first-order valence-electron chi connectivity index (χ1n) is 6.85. The Morgan fingerprint density at radius 3 is 2.71 bits per heavy atom. The molecule has 21 heavy (non-hydrogen) atoms. The third kappa shape index (κ3) is 4.26. The normalized spacial score (nSPS) is 14.0. The molecule has 0 unspecified atom stereocenters. The number of ether oxygens (including phenoxy) is 1. The maximum Gasteiger partial charge on any atom is 0.335 e. The molecule has 1 aromatic rings. The van der Waals surface area contributed by atoms with Crippen LogP contribution >= 0.6 is 0 Å². The van der Waals surface area contributed by atoms with Gasteiger partial charge >= 0.3 is 5.97 Å². The highest BCUT2D eigenvalue weighted by Gasteiger charge is 2.21. The van der Waals surface area contributed by atoms with Gasteiger partial charge in [0.25, 0.3) is 5.91 Å². The fourth-order valence-corrected chi connectivity index (χ4v) is 1.86. The Morgan fingerprint density at radius 2 is 2.14 bits per heavy atom. The minimum Gasteiger partial charge on any atom is -0.478 e. The molecule has 1 N–H and O–H groups in total. The molecular weight excluding hydrogens is 277 g/mol. The monoisotopic (exact) mass is 295 g/mol. The fraction of sp³-hybridized carbons (Fsp3) is 0.467. The lowest BCUT2D eigenvalue weighted by molar-refractivity contribution is 0.0671. The smallest absolute Gasteiger partial charge is 0.335 e. The molecule has 1 aliphatic rings. The van der Waals surface area contributed by atoms with E-state index in [1.165, 1.54) is 29.9 Å². The molecule has 0 aliphatic heterocycles. The molecule has 1 aromatic carbocycles. The molecule has 0 heterocycles. The van der Waals surface area contributed by atoms with Gasteiger partial charge in [-0.05, 0) is 37.0 Å². The molecule has 1 saturated carbocycles. The van der Waals surface area contributed by atoms with Crippen molar-refractivity contribution in [2.75, 3.05) is 26.8 Å². The lowest BCUT2D eigenvalue weighted by Gasteiger charge is -2.17. The van der Waals surface area contributed by atoms with Crippen LogP contribution in [0.15, 0.2) is 18.2 Å². The summed E-state index contributed by atoms with van der Waals surface area (Å²) in [5.74, 6) is -1.88. The average molecular weight is 295 g/mol. The molecule has 5 nitrogen and oxygen atoms in total. The number of rotatable bonds is 7. The van der Waals surface area contributed by atoms with Gasteiger partial charge in [-0.2, -0.15) is 0 Å². The van der Waals surface area contributed by atoms with Crippen LogP contribution < -0.4 is 0 Å². The Morgan fingerprint density at radius 1 is 1.43 bits per heavy atom. The Bertz CT molecular complexity index is 542. The van der Waals surface area contributed by atoms with Gasteiger partial charge in [0.05, 0.1) is 17.7 Å². The second kappa shape index (κ2) is 6.67. The molecule has 2 rings (SSSR count). The second-order valence-electron chi connectivity index (χ2n) is 5.24. The van der Waals surface area contributed by atoms with E-state index in [1.54, 1.807) is 7.05 Å². The first kappa shape index (κ1) is 15.4. The highest BCUT2D eigenvalue weighted by Crippen LogP contribution is 2.28. The maximum atomic E-state index is 13.8. The summed E-state index contributed by atoms with van der Waals surface area (Å²) < 4.78 is 19.2. The highest BCUT2D eigenvalue weighted by molar-refractivity contribution is 5.96. The molecule has 0 radical (unpaired) electrons. The molecular formula is C15H18FNO4. The quantitative estimate of drug-likeness (QED) is 0.782. The number of aromatic carboxylic acids is 1. The maximum absolute atomic E-state index is 13.8. The van der Waals surface area contributed by atoms with Crippen LogP contribution in [0.3, 0.4) is 0 Å². The molecule has 1 aliphatic carbocycles. The van der Waals surface area contributed by atoms with E-state index in [4.69, 9.17) is 9.84 Å². The summed E-state index contributed by atoms with van der Waals surface area (Å²) in [7, 11) is 1.56. The van der Waals surface area contributed by atoms with Crippen LogP contribution in [0.25, 0.3) is 0 Å². The lowest BCUT2D eigenvalue weighted by atomic mass is 10.1. The van der Waals surface area contributed by atoms with Crippen molar-refractivity contribution < 1.29 is 23.8 Å². The summed E-state index contributed by atoms with van der Waals surface area (Å²) in [5, 5.41) is 8.76. The number of nitrogens with zero attached hydrogens (tertiary/aromatic N) is 1. The van der Waals surface area contributed by atoms with E-state index in [2.05, 4.69) is 0 Å².